The van der Waals surface area contributed by atoms with Crippen molar-refractivity contribution in [2.45, 2.75) is 130 Å². The van der Waals surface area contributed by atoms with Gasteiger partial charge in [0, 0.05) is 0 Å². The minimum absolute atomic E-state index is 0.0113. The van der Waals surface area contributed by atoms with Crippen molar-refractivity contribution in [3.8, 4) is 0 Å². The Morgan fingerprint density at radius 3 is 1.69 bits per heavy atom. The number of esters is 1. The van der Waals surface area contributed by atoms with Crippen LogP contribution in [0.5, 0.6) is 0 Å². The molecule has 26 heavy (non-hydrogen) atoms. The predicted molar refractivity (Wildman–Crippen MR) is 115 cm³/mol. The Kier molecular flexibility index (Phi) is 18.8. The summed E-state index contributed by atoms with van der Waals surface area (Å²) < 4.78 is 5.44. The maximum Gasteiger partial charge on any atom is 0.308 e. The van der Waals surface area contributed by atoms with Crippen molar-refractivity contribution in [1.29, 1.82) is 0 Å². The summed E-state index contributed by atoms with van der Waals surface area (Å²) in [6, 6.07) is 0. The fourth-order valence-electron chi connectivity index (χ4n) is 3.35. The van der Waals surface area contributed by atoms with Crippen molar-refractivity contribution in [1.82, 2.24) is 0 Å². The van der Waals surface area contributed by atoms with Gasteiger partial charge in [0.05, 0.1) is 12.5 Å². The van der Waals surface area contributed by atoms with Gasteiger partial charge in [0.2, 0.25) is 0 Å². The molecule has 0 aliphatic heterocycles. The monoisotopic (exact) mass is 368 g/mol. The fraction of sp³-hybridized carbons (Fsp3) is 0.958. The molecule has 0 rings (SSSR count). The summed E-state index contributed by atoms with van der Waals surface area (Å²) in [7, 11) is 0. The molecule has 0 saturated heterocycles. The van der Waals surface area contributed by atoms with E-state index in [1.54, 1.807) is 0 Å². The van der Waals surface area contributed by atoms with E-state index in [4.69, 9.17) is 4.74 Å². The summed E-state index contributed by atoms with van der Waals surface area (Å²) >= 11 is 0. The standard InChI is InChI=1S/C24H48O2/c1-5-7-8-9-10-11-12-13-14-15-16-17-21-26-24(25)23(4)20-18-19-22(3)6-2/h22-23H,5-21H2,1-4H3. The molecule has 156 valence electrons. The van der Waals surface area contributed by atoms with E-state index in [1.807, 2.05) is 6.92 Å². The predicted octanol–water partition coefficient (Wildman–Crippen LogP) is 8.08. The quantitative estimate of drug-likeness (QED) is 0.170. The van der Waals surface area contributed by atoms with E-state index in [0.29, 0.717) is 6.61 Å². The molecule has 2 atom stereocenters. The number of carbonyl (C=O) groups is 1. The molecule has 0 amide bonds. The lowest BCUT2D eigenvalue weighted by Crippen LogP contribution is -2.15. The normalized spacial score (nSPS) is 13.5. The molecular formula is C24H48O2. The molecule has 0 aromatic heterocycles. The Balaban J connectivity index is 3.32. The summed E-state index contributed by atoms with van der Waals surface area (Å²) in [5, 5.41) is 0. The molecule has 0 fully saturated rings. The lowest BCUT2D eigenvalue weighted by molar-refractivity contribution is -0.148. The third kappa shape index (κ3) is 16.9. The molecule has 0 spiro atoms. The van der Waals surface area contributed by atoms with Gasteiger partial charge in [-0.3, -0.25) is 4.79 Å². The maximum absolute atomic E-state index is 12.0. The zero-order valence-corrected chi connectivity index (χ0v) is 18.5. The number of hydrogen-bond acceptors (Lipinski definition) is 2. The van der Waals surface area contributed by atoms with Crippen LogP contribution in [0.2, 0.25) is 0 Å². The van der Waals surface area contributed by atoms with Gasteiger partial charge < -0.3 is 4.74 Å². The minimum atomic E-state index is 0.0113. The molecule has 0 radical (unpaired) electrons. The number of hydrogen-bond donors (Lipinski definition) is 0. The molecule has 0 aliphatic carbocycles. The van der Waals surface area contributed by atoms with Crippen LogP contribution < -0.4 is 0 Å². The van der Waals surface area contributed by atoms with Crippen molar-refractivity contribution in [3.05, 3.63) is 0 Å². The number of unbranched alkanes of at least 4 members (excludes halogenated alkanes) is 11. The average Bonchev–Trinajstić information content (AvgIpc) is 2.64. The topological polar surface area (TPSA) is 26.3 Å². The van der Waals surface area contributed by atoms with Gasteiger partial charge in [-0.25, -0.2) is 0 Å². The summed E-state index contributed by atoms with van der Waals surface area (Å²) in [5.74, 6) is 0.855. The van der Waals surface area contributed by atoms with Gasteiger partial charge >= 0.3 is 5.97 Å². The smallest absolute Gasteiger partial charge is 0.308 e. The molecule has 0 saturated carbocycles. The molecule has 2 nitrogen and oxygen atoms in total. The van der Waals surface area contributed by atoms with Gasteiger partial charge in [0.1, 0.15) is 0 Å². The second-order valence-corrected chi connectivity index (χ2v) is 8.40. The van der Waals surface area contributed by atoms with Gasteiger partial charge in [0.25, 0.3) is 0 Å². The number of ether oxygens (including phenoxy) is 1. The first kappa shape index (κ1) is 25.5. The maximum atomic E-state index is 12.0. The van der Waals surface area contributed by atoms with Crippen LogP contribution in [0.3, 0.4) is 0 Å². The van der Waals surface area contributed by atoms with Gasteiger partial charge in [-0.15, -0.1) is 0 Å². The second-order valence-electron chi connectivity index (χ2n) is 8.40. The highest BCUT2D eigenvalue weighted by Crippen LogP contribution is 2.16. The molecule has 0 aromatic carbocycles. The lowest BCUT2D eigenvalue weighted by Gasteiger charge is -2.13. The average molecular weight is 369 g/mol. The van der Waals surface area contributed by atoms with Crippen LogP contribution in [0.15, 0.2) is 0 Å². The molecule has 2 heteroatoms. The summed E-state index contributed by atoms with van der Waals surface area (Å²) in [4.78, 5) is 12.0. The molecular weight excluding hydrogens is 320 g/mol. The molecule has 0 bridgehead atoms. The van der Waals surface area contributed by atoms with E-state index in [2.05, 4.69) is 20.8 Å². The van der Waals surface area contributed by atoms with Crippen LogP contribution in [0.4, 0.5) is 0 Å². The third-order valence-electron chi connectivity index (χ3n) is 5.68. The van der Waals surface area contributed by atoms with Crippen molar-refractivity contribution in [2.24, 2.45) is 11.8 Å². The van der Waals surface area contributed by atoms with E-state index in [0.717, 1.165) is 25.2 Å². The summed E-state index contributed by atoms with van der Waals surface area (Å²) in [6.45, 7) is 9.43. The molecule has 2 unspecified atom stereocenters. The SMILES string of the molecule is CCCCCCCCCCCCCCOC(=O)C(C)CCCC(C)CC. The Hall–Kier alpha value is -0.530. The molecule has 0 aliphatic rings. The first-order chi connectivity index (χ1) is 12.6. The van der Waals surface area contributed by atoms with Crippen molar-refractivity contribution >= 4 is 5.97 Å². The third-order valence-corrected chi connectivity index (χ3v) is 5.68. The Morgan fingerprint density at radius 1 is 0.692 bits per heavy atom. The van der Waals surface area contributed by atoms with Crippen molar-refractivity contribution < 1.29 is 9.53 Å². The van der Waals surface area contributed by atoms with Gasteiger partial charge in [-0.2, -0.15) is 0 Å². The first-order valence-corrected chi connectivity index (χ1v) is 11.8. The lowest BCUT2D eigenvalue weighted by atomic mass is 9.97. The van der Waals surface area contributed by atoms with Crippen LogP contribution in [0.1, 0.15) is 130 Å². The zero-order chi connectivity index (χ0) is 19.5. The van der Waals surface area contributed by atoms with Crippen LogP contribution in [-0.4, -0.2) is 12.6 Å². The van der Waals surface area contributed by atoms with E-state index < -0.39 is 0 Å². The summed E-state index contributed by atoms with van der Waals surface area (Å²) in [6.07, 6.45) is 20.6. The number of rotatable bonds is 19. The Labute approximate surface area is 164 Å². The Bertz CT molecular complexity index is 301. The highest BCUT2D eigenvalue weighted by atomic mass is 16.5. The van der Waals surface area contributed by atoms with Crippen LogP contribution in [0, 0.1) is 11.8 Å². The van der Waals surface area contributed by atoms with Gasteiger partial charge in [-0.05, 0) is 18.8 Å². The van der Waals surface area contributed by atoms with Crippen LogP contribution in [-0.2, 0) is 9.53 Å². The van der Waals surface area contributed by atoms with E-state index in [-0.39, 0.29) is 11.9 Å². The molecule has 0 N–H and O–H groups in total. The van der Waals surface area contributed by atoms with Gasteiger partial charge in [0.15, 0.2) is 0 Å². The van der Waals surface area contributed by atoms with Crippen molar-refractivity contribution in [2.75, 3.05) is 6.61 Å². The van der Waals surface area contributed by atoms with Crippen LogP contribution in [0.25, 0.3) is 0 Å². The zero-order valence-electron chi connectivity index (χ0n) is 18.5. The summed E-state index contributed by atoms with van der Waals surface area (Å²) in [5.41, 5.74) is 0. The van der Waals surface area contributed by atoms with Crippen molar-refractivity contribution in [3.63, 3.8) is 0 Å². The Morgan fingerprint density at radius 2 is 1.19 bits per heavy atom. The first-order valence-electron chi connectivity index (χ1n) is 11.8. The van der Waals surface area contributed by atoms with Gasteiger partial charge in [-0.1, -0.05) is 118 Å². The minimum Gasteiger partial charge on any atom is -0.465 e. The van der Waals surface area contributed by atoms with E-state index in [9.17, 15) is 4.79 Å². The second kappa shape index (κ2) is 19.2. The highest BCUT2D eigenvalue weighted by molar-refractivity contribution is 5.71. The van der Waals surface area contributed by atoms with E-state index in [1.165, 1.54) is 83.5 Å². The molecule has 0 aromatic rings. The fourth-order valence-corrected chi connectivity index (χ4v) is 3.35. The largest absolute Gasteiger partial charge is 0.465 e. The van der Waals surface area contributed by atoms with Crippen LogP contribution >= 0.6 is 0 Å². The van der Waals surface area contributed by atoms with E-state index >= 15 is 0 Å². The highest BCUT2D eigenvalue weighted by Gasteiger charge is 2.14. The number of carbonyl (C=O) groups excluding carboxylic acids is 1. The molecule has 0 heterocycles.